The van der Waals surface area contributed by atoms with Gasteiger partial charge in [0.15, 0.2) is 6.20 Å². The summed E-state index contributed by atoms with van der Waals surface area (Å²) in [5.74, 6) is 0.105. The van der Waals surface area contributed by atoms with Crippen LogP contribution in [0.1, 0.15) is 21.6 Å². The van der Waals surface area contributed by atoms with Crippen molar-refractivity contribution in [2.24, 2.45) is 0 Å². The van der Waals surface area contributed by atoms with Crippen molar-refractivity contribution in [3.05, 3.63) is 16.1 Å². The van der Waals surface area contributed by atoms with Crippen LogP contribution in [-0.2, 0) is 0 Å². The monoisotopic (exact) mass is 142 g/mol. The minimum absolute atomic E-state index is 0.105. The van der Waals surface area contributed by atoms with Crippen LogP contribution in [0.5, 0.6) is 0 Å². The van der Waals surface area contributed by atoms with Crippen LogP contribution in [0.4, 0.5) is 0 Å². The van der Waals surface area contributed by atoms with Crippen molar-refractivity contribution < 1.29 is 9.78 Å². The van der Waals surface area contributed by atoms with Gasteiger partial charge in [-0.15, -0.1) is 0 Å². The van der Waals surface area contributed by atoms with E-state index in [9.17, 15) is 4.79 Å². The van der Waals surface area contributed by atoms with Crippen LogP contribution in [0, 0.1) is 6.92 Å². The number of aryl methyl sites for hydroxylation is 1. The fraction of sp³-hybridized carbons (Fsp3) is 0.333. The summed E-state index contributed by atoms with van der Waals surface area (Å²) in [5.41, 5.74) is 0. The van der Waals surface area contributed by atoms with Crippen LogP contribution in [-0.4, -0.2) is 5.78 Å². The summed E-state index contributed by atoms with van der Waals surface area (Å²) in [6.45, 7) is 3.52. The quantitative estimate of drug-likeness (QED) is 0.540. The highest BCUT2D eigenvalue weighted by molar-refractivity contribution is 7.13. The first-order valence-corrected chi connectivity index (χ1v) is 3.51. The van der Waals surface area contributed by atoms with E-state index < -0.39 is 0 Å². The zero-order valence-corrected chi connectivity index (χ0v) is 6.21. The van der Waals surface area contributed by atoms with Crippen molar-refractivity contribution >= 4 is 17.1 Å². The molecule has 2 nitrogen and oxygen atoms in total. The second kappa shape index (κ2) is 2.27. The summed E-state index contributed by atoms with van der Waals surface area (Å²) >= 11 is 1.49. The molecule has 0 aliphatic heterocycles. The van der Waals surface area contributed by atoms with Gasteiger partial charge in [-0.2, -0.15) is 4.98 Å². The fourth-order valence-electron chi connectivity index (χ4n) is 0.561. The number of carbonyl (C=O) groups is 1. The van der Waals surface area contributed by atoms with Gasteiger partial charge in [0.25, 0.3) is 0 Å². The second-order valence-electron chi connectivity index (χ2n) is 1.89. The maximum absolute atomic E-state index is 10.6. The molecule has 0 saturated carbocycles. The fourth-order valence-corrected chi connectivity index (χ4v) is 1.26. The third-order valence-corrected chi connectivity index (χ3v) is 2.04. The number of nitrogens with one attached hydrogen (secondary N) is 1. The van der Waals surface area contributed by atoms with Crippen molar-refractivity contribution in [2.75, 3.05) is 0 Å². The van der Waals surface area contributed by atoms with Gasteiger partial charge < -0.3 is 0 Å². The normalized spacial score (nSPS) is 9.56. The van der Waals surface area contributed by atoms with Crippen molar-refractivity contribution in [3.8, 4) is 0 Å². The van der Waals surface area contributed by atoms with E-state index in [1.165, 1.54) is 11.3 Å². The third kappa shape index (κ3) is 1.36. The molecule has 0 radical (unpaired) electrons. The Labute approximate surface area is 57.5 Å². The van der Waals surface area contributed by atoms with E-state index in [0.717, 1.165) is 9.88 Å². The largest absolute Gasteiger partial charge is 0.303 e. The second-order valence-corrected chi connectivity index (χ2v) is 3.14. The lowest BCUT2D eigenvalue weighted by Gasteiger charge is -1.72. The molecule has 3 heteroatoms. The SMILES string of the molecule is CC(=O)c1[nH+]cc(C)s1. The molecule has 0 bridgehead atoms. The number of thiazole rings is 1. The zero-order chi connectivity index (χ0) is 6.85. The average molecular weight is 142 g/mol. The van der Waals surface area contributed by atoms with Gasteiger partial charge in [0.1, 0.15) is 0 Å². The molecule has 1 aromatic heterocycles. The molecular formula is C6H8NOS+. The van der Waals surface area contributed by atoms with Crippen molar-refractivity contribution in [3.63, 3.8) is 0 Å². The Morgan fingerprint density at radius 1 is 1.78 bits per heavy atom. The summed E-state index contributed by atoms with van der Waals surface area (Å²) in [7, 11) is 0. The Bertz CT molecular complexity index is 229. The van der Waals surface area contributed by atoms with E-state index in [2.05, 4.69) is 4.98 Å². The lowest BCUT2D eigenvalue weighted by atomic mass is 10.5. The number of ketones is 1. The summed E-state index contributed by atoms with van der Waals surface area (Å²) in [6, 6.07) is 0. The van der Waals surface area contributed by atoms with Crippen LogP contribution in [0.2, 0.25) is 0 Å². The van der Waals surface area contributed by atoms with Gasteiger partial charge in [-0.25, -0.2) is 0 Å². The molecule has 0 atom stereocenters. The Hall–Kier alpha value is -0.700. The van der Waals surface area contributed by atoms with Crippen LogP contribution >= 0.6 is 11.3 Å². The molecule has 0 fully saturated rings. The summed E-state index contributed by atoms with van der Waals surface area (Å²) in [5, 5.41) is 0.729. The van der Waals surface area contributed by atoms with E-state index >= 15 is 0 Å². The lowest BCUT2D eigenvalue weighted by molar-refractivity contribution is -0.374. The molecule has 0 unspecified atom stereocenters. The molecule has 9 heavy (non-hydrogen) atoms. The summed E-state index contributed by atoms with van der Waals surface area (Å²) in [4.78, 5) is 14.7. The van der Waals surface area contributed by atoms with Gasteiger partial charge in [0.05, 0.1) is 4.88 Å². The lowest BCUT2D eigenvalue weighted by Crippen LogP contribution is -2.06. The minimum Gasteiger partial charge on any atom is -0.287 e. The Balaban J connectivity index is 2.98. The Kier molecular flexibility index (Phi) is 1.62. The first-order chi connectivity index (χ1) is 4.20. The van der Waals surface area contributed by atoms with Crippen LogP contribution in [0.15, 0.2) is 6.20 Å². The van der Waals surface area contributed by atoms with Gasteiger partial charge in [0, 0.05) is 6.92 Å². The minimum atomic E-state index is 0.105. The number of hydrogen-bond donors (Lipinski definition) is 0. The third-order valence-electron chi connectivity index (χ3n) is 0.989. The highest BCUT2D eigenvalue weighted by Gasteiger charge is 2.09. The predicted molar refractivity (Wildman–Crippen MR) is 35.6 cm³/mol. The summed E-state index contributed by atoms with van der Waals surface area (Å²) in [6.07, 6.45) is 1.83. The highest BCUT2D eigenvalue weighted by atomic mass is 32.1. The summed E-state index contributed by atoms with van der Waals surface area (Å²) < 4.78 is 0. The predicted octanol–water partition coefficient (Wildman–Crippen LogP) is 1.07. The van der Waals surface area contributed by atoms with Gasteiger partial charge in [-0.05, 0) is 6.92 Å². The molecule has 0 aliphatic carbocycles. The molecule has 1 heterocycles. The first-order valence-electron chi connectivity index (χ1n) is 2.69. The van der Waals surface area contributed by atoms with E-state index in [1.54, 1.807) is 6.92 Å². The number of aromatic amines is 1. The van der Waals surface area contributed by atoms with E-state index in [-0.39, 0.29) is 5.78 Å². The number of rotatable bonds is 1. The van der Waals surface area contributed by atoms with Gasteiger partial charge >= 0.3 is 5.01 Å². The van der Waals surface area contributed by atoms with Crippen molar-refractivity contribution in [1.29, 1.82) is 0 Å². The number of H-pyrrole nitrogens is 1. The maximum atomic E-state index is 10.6. The van der Waals surface area contributed by atoms with E-state index in [0.29, 0.717) is 0 Å². The Morgan fingerprint density at radius 2 is 2.44 bits per heavy atom. The van der Waals surface area contributed by atoms with Crippen LogP contribution in [0.3, 0.4) is 0 Å². The Morgan fingerprint density at radius 3 is 2.67 bits per heavy atom. The topological polar surface area (TPSA) is 31.2 Å². The van der Waals surface area contributed by atoms with Crippen LogP contribution in [0.25, 0.3) is 0 Å². The highest BCUT2D eigenvalue weighted by Crippen LogP contribution is 2.06. The molecule has 48 valence electrons. The first kappa shape index (κ1) is 6.42. The van der Waals surface area contributed by atoms with Gasteiger partial charge in [-0.1, -0.05) is 11.3 Å². The maximum Gasteiger partial charge on any atom is 0.303 e. The molecule has 0 saturated heterocycles. The zero-order valence-electron chi connectivity index (χ0n) is 5.39. The van der Waals surface area contributed by atoms with E-state index in [4.69, 9.17) is 0 Å². The van der Waals surface area contributed by atoms with Crippen LogP contribution < -0.4 is 4.98 Å². The smallest absolute Gasteiger partial charge is 0.287 e. The number of hydrogen-bond acceptors (Lipinski definition) is 2. The molecule has 1 rings (SSSR count). The molecule has 0 spiro atoms. The molecule has 1 aromatic rings. The average Bonchev–Trinajstić information content (AvgIpc) is 2.14. The number of aromatic nitrogens is 1. The van der Waals surface area contributed by atoms with E-state index in [1.807, 2.05) is 13.1 Å². The molecular weight excluding hydrogens is 134 g/mol. The number of carbonyl (C=O) groups excluding carboxylic acids is 1. The number of Topliss-reactive ketones (excluding diaryl/α,β-unsaturated/α-hetero) is 1. The van der Waals surface area contributed by atoms with Crippen molar-refractivity contribution in [1.82, 2.24) is 0 Å². The standard InChI is InChI=1S/C6H7NOS/c1-4-3-7-6(9-4)5(2)8/h3H,1-2H3/p+1. The van der Waals surface area contributed by atoms with Gasteiger partial charge in [0.2, 0.25) is 5.78 Å². The van der Waals surface area contributed by atoms with Gasteiger partial charge in [-0.3, -0.25) is 4.79 Å². The molecule has 0 aromatic carbocycles. The van der Waals surface area contributed by atoms with Crippen molar-refractivity contribution in [2.45, 2.75) is 13.8 Å². The molecule has 0 amide bonds. The molecule has 1 N–H and O–H groups in total. The molecule has 0 aliphatic rings.